The van der Waals surface area contributed by atoms with Crippen LogP contribution in [0.2, 0.25) is 0 Å². The molecule has 3 rings (SSSR count). The van der Waals surface area contributed by atoms with Crippen molar-refractivity contribution >= 4 is 5.91 Å². The van der Waals surface area contributed by atoms with E-state index in [0.29, 0.717) is 29.6 Å². The second kappa shape index (κ2) is 9.46. The third kappa shape index (κ3) is 4.69. The number of nitrogens with zero attached hydrogens (tertiary/aromatic N) is 2. The molecule has 2 heterocycles. The molecule has 2 fully saturated rings. The molecule has 1 aromatic rings. The number of allylic oxidation sites excluding steroid dienone is 1. The van der Waals surface area contributed by atoms with Gasteiger partial charge in [0.2, 0.25) is 0 Å². The molecular formula is C23H34N2O3. The summed E-state index contributed by atoms with van der Waals surface area (Å²) in [5, 5.41) is 0. The molecule has 1 aromatic carbocycles. The SMILES string of the molecule is C=CCc1ccc(OCC(=O)N2CCC[C@H](N3[C@@H](C)CC[C@@H]3C)C2)c(OC)c1. The van der Waals surface area contributed by atoms with E-state index in [1.807, 2.05) is 29.2 Å². The summed E-state index contributed by atoms with van der Waals surface area (Å²) in [6, 6.07) is 7.50. The number of ether oxygens (including phenoxy) is 2. The van der Waals surface area contributed by atoms with Crippen LogP contribution in [0.3, 0.4) is 0 Å². The molecule has 0 bridgehead atoms. The Labute approximate surface area is 169 Å². The maximum atomic E-state index is 12.8. The molecular weight excluding hydrogens is 352 g/mol. The number of carbonyl (C=O) groups excluding carboxylic acids is 1. The first-order chi connectivity index (χ1) is 13.5. The maximum absolute atomic E-state index is 12.8. The molecule has 2 saturated heterocycles. The monoisotopic (exact) mass is 386 g/mol. The summed E-state index contributed by atoms with van der Waals surface area (Å²) in [5.74, 6) is 1.32. The summed E-state index contributed by atoms with van der Waals surface area (Å²) in [5.41, 5.74) is 1.11. The van der Waals surface area contributed by atoms with Crippen LogP contribution in [0, 0.1) is 0 Å². The first-order valence-corrected chi connectivity index (χ1v) is 10.5. The summed E-state index contributed by atoms with van der Waals surface area (Å²) in [6.45, 7) is 10.1. The van der Waals surface area contributed by atoms with Gasteiger partial charge in [-0.25, -0.2) is 0 Å². The van der Waals surface area contributed by atoms with Crippen LogP contribution >= 0.6 is 0 Å². The van der Waals surface area contributed by atoms with Crippen LogP contribution in [0.4, 0.5) is 0 Å². The Kier molecular flexibility index (Phi) is 7.00. The average Bonchev–Trinajstić information content (AvgIpc) is 3.05. The second-order valence-electron chi connectivity index (χ2n) is 8.13. The third-order valence-electron chi connectivity index (χ3n) is 6.15. The van der Waals surface area contributed by atoms with Gasteiger partial charge in [0.05, 0.1) is 7.11 Å². The highest BCUT2D eigenvalue weighted by Gasteiger charge is 2.36. The summed E-state index contributed by atoms with van der Waals surface area (Å²) in [6.07, 6.45) is 7.39. The van der Waals surface area contributed by atoms with Gasteiger partial charge in [0, 0.05) is 31.2 Å². The third-order valence-corrected chi connectivity index (χ3v) is 6.15. The van der Waals surface area contributed by atoms with E-state index in [9.17, 15) is 4.79 Å². The lowest BCUT2D eigenvalue weighted by molar-refractivity contribution is -0.135. The van der Waals surface area contributed by atoms with Crippen LogP contribution in [-0.4, -0.2) is 60.6 Å². The van der Waals surface area contributed by atoms with E-state index in [0.717, 1.165) is 31.5 Å². The fraction of sp³-hybridized carbons (Fsp3) is 0.609. The standard InChI is InChI=1S/C23H34N2O3/c1-5-7-19-11-12-21(22(14-19)27-4)28-16-23(26)24-13-6-8-20(15-24)25-17(2)9-10-18(25)3/h5,11-12,14,17-18,20H,1,6-10,13,15-16H2,2-4H3/t17-,18-,20-/m0/s1. The van der Waals surface area contributed by atoms with E-state index >= 15 is 0 Å². The zero-order valence-electron chi connectivity index (χ0n) is 17.5. The van der Waals surface area contributed by atoms with E-state index in [4.69, 9.17) is 9.47 Å². The molecule has 0 N–H and O–H groups in total. The Morgan fingerprint density at radius 1 is 1.21 bits per heavy atom. The molecule has 5 nitrogen and oxygen atoms in total. The van der Waals surface area contributed by atoms with Gasteiger partial charge in [0.15, 0.2) is 18.1 Å². The van der Waals surface area contributed by atoms with E-state index in [2.05, 4.69) is 25.3 Å². The number of rotatable bonds is 7. The highest BCUT2D eigenvalue weighted by atomic mass is 16.5. The van der Waals surface area contributed by atoms with Crippen molar-refractivity contribution in [2.24, 2.45) is 0 Å². The van der Waals surface area contributed by atoms with Gasteiger partial charge in [-0.3, -0.25) is 9.69 Å². The Bertz CT molecular complexity index is 680. The van der Waals surface area contributed by atoms with Crippen molar-refractivity contribution in [3.8, 4) is 11.5 Å². The Hall–Kier alpha value is -2.01. The number of benzene rings is 1. The zero-order valence-corrected chi connectivity index (χ0v) is 17.5. The van der Waals surface area contributed by atoms with Crippen LogP contribution in [-0.2, 0) is 11.2 Å². The normalized spacial score (nSPS) is 25.5. The van der Waals surface area contributed by atoms with Crippen LogP contribution in [0.25, 0.3) is 0 Å². The van der Waals surface area contributed by atoms with Gasteiger partial charge in [-0.1, -0.05) is 12.1 Å². The molecule has 0 radical (unpaired) electrons. The number of carbonyl (C=O) groups is 1. The molecule has 0 unspecified atom stereocenters. The van der Waals surface area contributed by atoms with E-state index in [1.54, 1.807) is 7.11 Å². The van der Waals surface area contributed by atoms with Crippen molar-refractivity contribution in [1.82, 2.24) is 9.80 Å². The highest BCUT2D eigenvalue weighted by Crippen LogP contribution is 2.31. The van der Waals surface area contributed by atoms with Gasteiger partial charge >= 0.3 is 0 Å². The minimum atomic E-state index is 0.0506. The van der Waals surface area contributed by atoms with E-state index in [1.165, 1.54) is 19.3 Å². The first kappa shape index (κ1) is 20.7. The predicted molar refractivity (Wildman–Crippen MR) is 112 cm³/mol. The molecule has 0 aliphatic carbocycles. The van der Waals surface area contributed by atoms with E-state index < -0.39 is 0 Å². The lowest BCUT2D eigenvalue weighted by Gasteiger charge is -2.41. The number of amides is 1. The largest absolute Gasteiger partial charge is 0.493 e. The van der Waals surface area contributed by atoms with Gasteiger partial charge < -0.3 is 14.4 Å². The van der Waals surface area contributed by atoms with Gasteiger partial charge in [-0.2, -0.15) is 0 Å². The zero-order chi connectivity index (χ0) is 20.1. The summed E-state index contributed by atoms with van der Waals surface area (Å²) < 4.78 is 11.3. The molecule has 154 valence electrons. The number of hydrogen-bond donors (Lipinski definition) is 0. The van der Waals surface area contributed by atoms with Gasteiger partial charge in [0.25, 0.3) is 5.91 Å². The summed E-state index contributed by atoms with van der Waals surface area (Å²) >= 11 is 0. The number of hydrogen-bond acceptors (Lipinski definition) is 4. The number of piperidine rings is 1. The molecule has 1 amide bonds. The van der Waals surface area contributed by atoms with Gasteiger partial charge in [-0.05, 0) is 63.6 Å². The highest BCUT2D eigenvalue weighted by molar-refractivity contribution is 5.78. The van der Waals surface area contributed by atoms with Crippen molar-refractivity contribution in [3.05, 3.63) is 36.4 Å². The van der Waals surface area contributed by atoms with Crippen LogP contribution in [0.15, 0.2) is 30.9 Å². The Morgan fingerprint density at radius 3 is 2.64 bits per heavy atom. The first-order valence-electron chi connectivity index (χ1n) is 10.5. The average molecular weight is 387 g/mol. The fourth-order valence-corrected chi connectivity index (χ4v) is 4.72. The second-order valence-corrected chi connectivity index (χ2v) is 8.13. The van der Waals surface area contributed by atoms with Gasteiger partial charge in [-0.15, -0.1) is 6.58 Å². The van der Waals surface area contributed by atoms with Gasteiger partial charge in [0.1, 0.15) is 0 Å². The van der Waals surface area contributed by atoms with Crippen molar-refractivity contribution < 1.29 is 14.3 Å². The van der Waals surface area contributed by atoms with Crippen LogP contribution in [0.5, 0.6) is 11.5 Å². The summed E-state index contributed by atoms with van der Waals surface area (Å²) in [7, 11) is 1.62. The van der Waals surface area contributed by atoms with Crippen LogP contribution in [0.1, 0.15) is 45.1 Å². The Morgan fingerprint density at radius 2 is 1.96 bits per heavy atom. The van der Waals surface area contributed by atoms with E-state index in [-0.39, 0.29) is 12.5 Å². The molecule has 0 aromatic heterocycles. The van der Waals surface area contributed by atoms with Crippen molar-refractivity contribution in [3.63, 3.8) is 0 Å². The van der Waals surface area contributed by atoms with Crippen molar-refractivity contribution in [2.45, 2.75) is 64.1 Å². The lowest BCUT2D eigenvalue weighted by atomic mass is 10.0. The Balaban J connectivity index is 1.58. The predicted octanol–water partition coefficient (Wildman–Crippen LogP) is 3.67. The topological polar surface area (TPSA) is 42.0 Å². The number of likely N-dealkylation sites (tertiary alicyclic amines) is 2. The molecule has 0 spiro atoms. The maximum Gasteiger partial charge on any atom is 0.260 e. The van der Waals surface area contributed by atoms with Crippen molar-refractivity contribution in [1.29, 1.82) is 0 Å². The number of methoxy groups -OCH3 is 1. The quantitative estimate of drug-likeness (QED) is 0.671. The molecule has 3 atom stereocenters. The lowest BCUT2D eigenvalue weighted by Crippen LogP contribution is -2.53. The molecule has 5 heteroatoms. The molecule has 28 heavy (non-hydrogen) atoms. The summed E-state index contributed by atoms with van der Waals surface area (Å²) in [4.78, 5) is 17.4. The molecule has 0 saturated carbocycles. The van der Waals surface area contributed by atoms with Crippen molar-refractivity contribution in [2.75, 3.05) is 26.8 Å². The fourth-order valence-electron chi connectivity index (χ4n) is 4.72. The molecule has 2 aliphatic heterocycles. The smallest absolute Gasteiger partial charge is 0.260 e. The minimum absolute atomic E-state index is 0.0506. The molecule has 2 aliphatic rings. The minimum Gasteiger partial charge on any atom is -0.493 e. The van der Waals surface area contributed by atoms with Crippen LogP contribution < -0.4 is 9.47 Å².